The lowest BCUT2D eigenvalue weighted by Gasteiger charge is -2.34. The number of hydrogen-bond donors (Lipinski definition) is 0. The van der Waals surface area contributed by atoms with Gasteiger partial charge in [-0.05, 0) is 18.3 Å². The Hall–Kier alpha value is -2.57. The van der Waals surface area contributed by atoms with Gasteiger partial charge >= 0.3 is 0 Å². The number of fused-ring (bicyclic) bond motifs is 1. The van der Waals surface area contributed by atoms with Crippen LogP contribution in [0.15, 0.2) is 37.2 Å². The second-order valence-electron chi connectivity index (χ2n) is 6.12. The Bertz CT molecular complexity index is 679. The minimum atomic E-state index is -0.0152. The molecule has 2 atom stereocenters. The summed E-state index contributed by atoms with van der Waals surface area (Å²) in [6.45, 7) is 3.48. The van der Waals surface area contributed by atoms with Crippen LogP contribution in [-0.4, -0.2) is 56.9 Å². The van der Waals surface area contributed by atoms with Crippen LogP contribution in [0.4, 0.5) is 5.82 Å². The number of nitrogens with zero attached hydrogens (tertiary/aromatic N) is 6. The predicted octanol–water partition coefficient (Wildman–Crippen LogP) is 0.865. The van der Waals surface area contributed by atoms with Crippen molar-refractivity contribution in [3.63, 3.8) is 0 Å². The molecule has 0 bridgehead atoms. The van der Waals surface area contributed by atoms with Gasteiger partial charge in [0.15, 0.2) is 0 Å². The fourth-order valence-electron chi connectivity index (χ4n) is 3.57. The van der Waals surface area contributed by atoms with Crippen molar-refractivity contribution >= 4 is 11.7 Å². The van der Waals surface area contributed by atoms with Crippen molar-refractivity contribution in [1.29, 1.82) is 0 Å². The Labute approximate surface area is 134 Å². The number of rotatable bonds is 2. The minimum absolute atomic E-state index is 0.0152. The zero-order valence-electron chi connectivity index (χ0n) is 12.7. The lowest BCUT2D eigenvalue weighted by molar-refractivity contribution is 0.0778. The van der Waals surface area contributed by atoms with E-state index in [0.29, 0.717) is 17.5 Å². The summed E-state index contributed by atoms with van der Waals surface area (Å²) < 4.78 is 0. The SMILES string of the molecule is O=C(c1cnccn1)N1C[C@H]2CCN(c3cnccn3)C[C@H]2C1. The number of piperidine rings is 1. The van der Waals surface area contributed by atoms with Crippen LogP contribution in [0.2, 0.25) is 0 Å². The summed E-state index contributed by atoms with van der Waals surface area (Å²) in [7, 11) is 0. The second-order valence-corrected chi connectivity index (χ2v) is 6.12. The van der Waals surface area contributed by atoms with Crippen LogP contribution in [0.25, 0.3) is 0 Å². The van der Waals surface area contributed by atoms with Crippen molar-refractivity contribution in [1.82, 2.24) is 24.8 Å². The molecular formula is C16H18N6O. The zero-order chi connectivity index (χ0) is 15.6. The summed E-state index contributed by atoms with van der Waals surface area (Å²) >= 11 is 0. The van der Waals surface area contributed by atoms with Crippen molar-refractivity contribution in [3.05, 3.63) is 42.9 Å². The lowest BCUT2D eigenvalue weighted by Crippen LogP contribution is -2.40. The van der Waals surface area contributed by atoms with Crippen LogP contribution in [0, 0.1) is 11.8 Å². The van der Waals surface area contributed by atoms with E-state index >= 15 is 0 Å². The molecule has 118 valence electrons. The molecule has 2 aliphatic heterocycles. The second kappa shape index (κ2) is 5.91. The van der Waals surface area contributed by atoms with Crippen LogP contribution in [0.5, 0.6) is 0 Å². The monoisotopic (exact) mass is 310 g/mol. The number of likely N-dealkylation sites (tertiary alicyclic amines) is 1. The predicted molar refractivity (Wildman–Crippen MR) is 83.8 cm³/mol. The molecule has 0 radical (unpaired) electrons. The van der Waals surface area contributed by atoms with Crippen LogP contribution in [0.3, 0.4) is 0 Å². The van der Waals surface area contributed by atoms with E-state index in [1.54, 1.807) is 31.0 Å². The molecule has 0 N–H and O–H groups in total. The van der Waals surface area contributed by atoms with Crippen LogP contribution >= 0.6 is 0 Å². The molecule has 0 aliphatic carbocycles. The Kier molecular flexibility index (Phi) is 3.61. The molecule has 0 aromatic carbocycles. The van der Waals surface area contributed by atoms with Gasteiger partial charge in [0, 0.05) is 51.0 Å². The summed E-state index contributed by atoms with van der Waals surface area (Å²) in [6.07, 6.45) is 11.0. The first-order chi connectivity index (χ1) is 11.3. The quantitative estimate of drug-likeness (QED) is 0.819. The van der Waals surface area contributed by atoms with Crippen LogP contribution in [-0.2, 0) is 0 Å². The van der Waals surface area contributed by atoms with Crippen LogP contribution in [0.1, 0.15) is 16.9 Å². The average Bonchev–Trinajstić information content (AvgIpc) is 3.06. The van der Waals surface area contributed by atoms with E-state index in [1.165, 1.54) is 6.20 Å². The van der Waals surface area contributed by atoms with E-state index in [1.807, 2.05) is 4.90 Å². The molecule has 4 heterocycles. The molecule has 0 spiro atoms. The van der Waals surface area contributed by atoms with E-state index in [4.69, 9.17) is 0 Å². The average molecular weight is 310 g/mol. The van der Waals surface area contributed by atoms with Gasteiger partial charge in [-0.25, -0.2) is 9.97 Å². The fourth-order valence-corrected chi connectivity index (χ4v) is 3.57. The van der Waals surface area contributed by atoms with Crippen molar-refractivity contribution in [2.45, 2.75) is 6.42 Å². The molecule has 0 unspecified atom stereocenters. The number of anilines is 1. The molecule has 1 amide bonds. The number of amides is 1. The molecule has 2 fully saturated rings. The summed E-state index contributed by atoms with van der Waals surface area (Å²) in [5.74, 6) is 1.94. The summed E-state index contributed by atoms with van der Waals surface area (Å²) in [5, 5.41) is 0. The number of hydrogen-bond acceptors (Lipinski definition) is 6. The zero-order valence-corrected chi connectivity index (χ0v) is 12.7. The number of carbonyl (C=O) groups excluding carboxylic acids is 1. The van der Waals surface area contributed by atoms with Gasteiger partial charge < -0.3 is 9.80 Å². The molecule has 2 aliphatic rings. The van der Waals surface area contributed by atoms with E-state index < -0.39 is 0 Å². The van der Waals surface area contributed by atoms with Crippen molar-refractivity contribution in [2.75, 3.05) is 31.1 Å². The van der Waals surface area contributed by atoms with Gasteiger partial charge in [-0.3, -0.25) is 14.8 Å². The van der Waals surface area contributed by atoms with E-state index in [2.05, 4.69) is 24.8 Å². The number of aromatic nitrogens is 4. The Morgan fingerprint density at radius 2 is 1.74 bits per heavy atom. The van der Waals surface area contributed by atoms with Gasteiger partial charge in [-0.15, -0.1) is 0 Å². The highest BCUT2D eigenvalue weighted by Crippen LogP contribution is 2.33. The molecule has 7 heteroatoms. The highest BCUT2D eigenvalue weighted by atomic mass is 16.2. The Morgan fingerprint density at radius 1 is 0.957 bits per heavy atom. The molecule has 23 heavy (non-hydrogen) atoms. The first kappa shape index (κ1) is 14.0. The van der Waals surface area contributed by atoms with Gasteiger partial charge in [-0.1, -0.05) is 0 Å². The topological polar surface area (TPSA) is 75.1 Å². The summed E-state index contributed by atoms with van der Waals surface area (Å²) in [6, 6.07) is 0. The molecule has 2 aromatic rings. The van der Waals surface area contributed by atoms with Crippen LogP contribution < -0.4 is 4.90 Å². The van der Waals surface area contributed by atoms with E-state index in [9.17, 15) is 4.79 Å². The maximum Gasteiger partial charge on any atom is 0.274 e. The molecule has 4 rings (SSSR count). The third-order valence-corrected chi connectivity index (χ3v) is 4.74. The van der Waals surface area contributed by atoms with Gasteiger partial charge in [0.25, 0.3) is 5.91 Å². The first-order valence-corrected chi connectivity index (χ1v) is 7.87. The maximum absolute atomic E-state index is 12.5. The van der Waals surface area contributed by atoms with E-state index in [-0.39, 0.29) is 5.91 Å². The van der Waals surface area contributed by atoms with Gasteiger partial charge in [0.05, 0.1) is 12.4 Å². The lowest BCUT2D eigenvalue weighted by atomic mass is 9.89. The van der Waals surface area contributed by atoms with Gasteiger partial charge in [0.2, 0.25) is 0 Å². The van der Waals surface area contributed by atoms with Crippen molar-refractivity contribution in [2.24, 2.45) is 11.8 Å². The molecular weight excluding hydrogens is 292 g/mol. The standard InChI is InChI=1S/C16H18N6O/c23-16(14-7-17-2-4-19-14)22-9-12-1-6-21(10-13(12)11-22)15-8-18-3-5-20-15/h2-5,7-8,12-13H,1,6,9-11H2/t12-,13+/m1/s1. The third-order valence-electron chi connectivity index (χ3n) is 4.74. The van der Waals surface area contributed by atoms with E-state index in [0.717, 1.165) is 38.4 Å². The van der Waals surface area contributed by atoms with Crippen molar-refractivity contribution in [3.8, 4) is 0 Å². The largest absolute Gasteiger partial charge is 0.355 e. The Balaban J connectivity index is 1.45. The first-order valence-electron chi connectivity index (χ1n) is 7.87. The molecule has 0 saturated carbocycles. The van der Waals surface area contributed by atoms with Gasteiger partial charge in [0.1, 0.15) is 11.5 Å². The number of carbonyl (C=O) groups is 1. The molecule has 2 saturated heterocycles. The van der Waals surface area contributed by atoms with Gasteiger partial charge in [-0.2, -0.15) is 0 Å². The summed E-state index contributed by atoms with van der Waals surface area (Å²) in [4.78, 5) is 33.3. The smallest absolute Gasteiger partial charge is 0.274 e. The molecule has 7 nitrogen and oxygen atoms in total. The highest BCUT2D eigenvalue weighted by molar-refractivity contribution is 5.92. The summed E-state index contributed by atoms with van der Waals surface area (Å²) in [5.41, 5.74) is 0.428. The van der Waals surface area contributed by atoms with Crippen molar-refractivity contribution < 1.29 is 4.79 Å². The highest BCUT2D eigenvalue weighted by Gasteiger charge is 2.39. The molecule has 2 aromatic heterocycles. The third kappa shape index (κ3) is 2.74. The maximum atomic E-state index is 12.5. The fraction of sp³-hybridized carbons (Fsp3) is 0.438. The minimum Gasteiger partial charge on any atom is -0.355 e. The Morgan fingerprint density at radius 3 is 2.48 bits per heavy atom. The normalized spacial score (nSPS) is 23.7.